The maximum atomic E-state index is 11.7. The van der Waals surface area contributed by atoms with Crippen LogP contribution in [0.2, 0.25) is 0 Å². The lowest BCUT2D eigenvalue weighted by atomic mass is 10.2. The minimum atomic E-state index is 0.0340. The number of pyridine rings is 1. The van der Waals surface area contributed by atoms with Crippen molar-refractivity contribution in [2.45, 2.75) is 26.2 Å². The average Bonchev–Trinajstić information content (AvgIpc) is 3.02. The molecule has 0 aliphatic heterocycles. The molecule has 3 rings (SSSR count). The molecule has 2 atom stereocenters. The summed E-state index contributed by atoms with van der Waals surface area (Å²) in [4.78, 5) is 20.1. The van der Waals surface area contributed by atoms with Gasteiger partial charge in [-0.3, -0.25) is 9.78 Å². The second-order valence-electron chi connectivity index (χ2n) is 5.50. The summed E-state index contributed by atoms with van der Waals surface area (Å²) >= 11 is 0. The molecule has 0 saturated heterocycles. The number of amides is 1. The first-order valence-electron chi connectivity index (χ1n) is 7.23. The summed E-state index contributed by atoms with van der Waals surface area (Å²) < 4.78 is 5.14. The highest BCUT2D eigenvalue weighted by Crippen LogP contribution is 2.36. The molecule has 2 unspecified atom stereocenters. The topological polar surface area (TPSA) is 80.9 Å². The van der Waals surface area contributed by atoms with Gasteiger partial charge < -0.3 is 9.84 Å². The number of nitrogens with zero attached hydrogens (tertiary/aromatic N) is 3. The highest BCUT2D eigenvalue weighted by atomic mass is 16.5. The van der Waals surface area contributed by atoms with E-state index in [0.29, 0.717) is 36.2 Å². The van der Waals surface area contributed by atoms with Gasteiger partial charge in [0.15, 0.2) is 0 Å². The highest BCUT2D eigenvalue weighted by Gasteiger charge is 2.32. The van der Waals surface area contributed by atoms with Crippen LogP contribution < -0.4 is 5.32 Å². The first-order chi connectivity index (χ1) is 10.2. The van der Waals surface area contributed by atoms with Gasteiger partial charge in [0, 0.05) is 25.6 Å². The lowest BCUT2D eigenvalue weighted by Gasteiger charge is -2.02. The number of aromatic nitrogens is 3. The van der Waals surface area contributed by atoms with Gasteiger partial charge in [0.05, 0.1) is 0 Å². The van der Waals surface area contributed by atoms with Crippen LogP contribution >= 0.6 is 0 Å². The molecule has 1 amide bonds. The van der Waals surface area contributed by atoms with Crippen molar-refractivity contribution >= 4 is 5.91 Å². The van der Waals surface area contributed by atoms with Gasteiger partial charge in [-0.05, 0) is 30.4 Å². The maximum absolute atomic E-state index is 11.7. The molecule has 1 aliphatic rings. The van der Waals surface area contributed by atoms with E-state index in [-0.39, 0.29) is 5.91 Å². The molecule has 0 radical (unpaired) electrons. The van der Waals surface area contributed by atoms with E-state index < -0.39 is 0 Å². The van der Waals surface area contributed by atoms with Gasteiger partial charge in [0.1, 0.15) is 5.69 Å². The average molecular weight is 286 g/mol. The van der Waals surface area contributed by atoms with E-state index in [9.17, 15) is 4.79 Å². The van der Waals surface area contributed by atoms with E-state index in [1.807, 2.05) is 18.2 Å². The van der Waals surface area contributed by atoms with Gasteiger partial charge in [-0.25, -0.2) is 0 Å². The first-order valence-corrected chi connectivity index (χ1v) is 7.23. The third-order valence-corrected chi connectivity index (χ3v) is 3.77. The van der Waals surface area contributed by atoms with Crippen LogP contribution in [0.1, 0.15) is 25.7 Å². The Morgan fingerprint density at radius 3 is 3.05 bits per heavy atom. The van der Waals surface area contributed by atoms with Crippen LogP contribution in [0.3, 0.4) is 0 Å². The van der Waals surface area contributed by atoms with Gasteiger partial charge in [-0.15, -0.1) is 0 Å². The van der Waals surface area contributed by atoms with Crippen molar-refractivity contribution in [3.63, 3.8) is 0 Å². The van der Waals surface area contributed by atoms with Crippen LogP contribution in [-0.4, -0.2) is 27.6 Å². The van der Waals surface area contributed by atoms with Crippen molar-refractivity contribution in [2.24, 2.45) is 11.8 Å². The second-order valence-corrected chi connectivity index (χ2v) is 5.50. The lowest BCUT2D eigenvalue weighted by molar-refractivity contribution is -0.121. The third-order valence-electron chi connectivity index (χ3n) is 3.77. The van der Waals surface area contributed by atoms with Gasteiger partial charge in [0.2, 0.25) is 17.6 Å². The van der Waals surface area contributed by atoms with Crippen molar-refractivity contribution < 1.29 is 9.32 Å². The molecule has 6 nitrogen and oxygen atoms in total. The summed E-state index contributed by atoms with van der Waals surface area (Å²) in [5.41, 5.74) is 0.666. The summed E-state index contributed by atoms with van der Waals surface area (Å²) in [7, 11) is 0. The highest BCUT2D eigenvalue weighted by molar-refractivity contribution is 5.76. The lowest BCUT2D eigenvalue weighted by Crippen LogP contribution is -2.26. The molecule has 2 aromatic heterocycles. The molecule has 2 heterocycles. The second kappa shape index (κ2) is 6.03. The van der Waals surface area contributed by atoms with Gasteiger partial charge in [-0.1, -0.05) is 18.1 Å². The molecule has 0 aromatic carbocycles. The Balaban J connectivity index is 1.47. The van der Waals surface area contributed by atoms with E-state index in [0.717, 1.165) is 12.5 Å². The largest absolute Gasteiger partial charge is 0.356 e. The number of hydrogen-bond donors (Lipinski definition) is 1. The summed E-state index contributed by atoms with van der Waals surface area (Å²) in [6, 6.07) is 5.51. The fourth-order valence-electron chi connectivity index (χ4n) is 2.19. The zero-order chi connectivity index (χ0) is 14.7. The SMILES string of the molecule is CC1CC1CNC(=O)CCc1nc(-c2ccccn2)no1. The van der Waals surface area contributed by atoms with E-state index in [1.54, 1.807) is 6.20 Å². The molecule has 1 fully saturated rings. The Kier molecular flexibility index (Phi) is 3.94. The van der Waals surface area contributed by atoms with Crippen LogP contribution in [0.4, 0.5) is 0 Å². The number of rotatable bonds is 6. The van der Waals surface area contributed by atoms with Gasteiger partial charge in [0.25, 0.3) is 0 Å². The molecular weight excluding hydrogens is 268 g/mol. The number of aryl methyl sites for hydroxylation is 1. The number of hydrogen-bond acceptors (Lipinski definition) is 5. The Bertz CT molecular complexity index is 611. The van der Waals surface area contributed by atoms with Crippen LogP contribution in [0.25, 0.3) is 11.5 Å². The van der Waals surface area contributed by atoms with E-state index >= 15 is 0 Å². The van der Waals surface area contributed by atoms with E-state index in [2.05, 4.69) is 27.4 Å². The minimum Gasteiger partial charge on any atom is -0.356 e. The normalized spacial score (nSPS) is 20.2. The van der Waals surface area contributed by atoms with Crippen LogP contribution in [-0.2, 0) is 11.2 Å². The summed E-state index contributed by atoms with van der Waals surface area (Å²) in [5.74, 6) is 2.37. The summed E-state index contributed by atoms with van der Waals surface area (Å²) in [6.45, 7) is 2.98. The molecule has 110 valence electrons. The van der Waals surface area contributed by atoms with E-state index in [4.69, 9.17) is 4.52 Å². The fourth-order valence-corrected chi connectivity index (χ4v) is 2.19. The van der Waals surface area contributed by atoms with Crippen LogP contribution in [0.15, 0.2) is 28.9 Å². The Labute approximate surface area is 123 Å². The Morgan fingerprint density at radius 2 is 2.33 bits per heavy atom. The number of carbonyl (C=O) groups is 1. The minimum absolute atomic E-state index is 0.0340. The molecule has 1 saturated carbocycles. The molecule has 1 N–H and O–H groups in total. The summed E-state index contributed by atoms with van der Waals surface area (Å²) in [6.07, 6.45) is 3.71. The zero-order valence-electron chi connectivity index (χ0n) is 12.0. The van der Waals surface area contributed by atoms with Gasteiger partial charge >= 0.3 is 0 Å². The Morgan fingerprint density at radius 1 is 1.48 bits per heavy atom. The molecule has 0 bridgehead atoms. The molecule has 6 heteroatoms. The van der Waals surface area contributed by atoms with Crippen molar-refractivity contribution in [1.29, 1.82) is 0 Å². The standard InChI is InChI=1S/C15H18N4O2/c1-10-8-11(10)9-17-13(20)5-6-14-18-15(19-21-14)12-4-2-3-7-16-12/h2-4,7,10-11H,5-6,8-9H2,1H3,(H,17,20). The van der Waals surface area contributed by atoms with Crippen molar-refractivity contribution in [3.05, 3.63) is 30.3 Å². The Hall–Kier alpha value is -2.24. The molecule has 21 heavy (non-hydrogen) atoms. The quantitative estimate of drug-likeness (QED) is 0.876. The molecule has 0 spiro atoms. The van der Waals surface area contributed by atoms with Gasteiger partial charge in [-0.2, -0.15) is 4.98 Å². The predicted octanol–water partition coefficient (Wildman–Crippen LogP) is 1.84. The fraction of sp³-hybridized carbons (Fsp3) is 0.467. The van der Waals surface area contributed by atoms with Crippen LogP contribution in [0, 0.1) is 11.8 Å². The molecular formula is C15H18N4O2. The maximum Gasteiger partial charge on any atom is 0.227 e. The smallest absolute Gasteiger partial charge is 0.227 e. The van der Waals surface area contributed by atoms with Crippen LogP contribution in [0.5, 0.6) is 0 Å². The zero-order valence-corrected chi connectivity index (χ0v) is 12.0. The molecule has 2 aromatic rings. The molecule has 1 aliphatic carbocycles. The number of carbonyl (C=O) groups excluding carboxylic acids is 1. The first kappa shape index (κ1) is 13.7. The van der Waals surface area contributed by atoms with Crippen molar-refractivity contribution in [2.75, 3.05) is 6.54 Å². The van der Waals surface area contributed by atoms with Crippen molar-refractivity contribution in [3.8, 4) is 11.5 Å². The number of nitrogens with one attached hydrogen (secondary N) is 1. The third kappa shape index (κ3) is 3.65. The van der Waals surface area contributed by atoms with Crippen molar-refractivity contribution in [1.82, 2.24) is 20.4 Å². The monoisotopic (exact) mass is 286 g/mol. The van der Waals surface area contributed by atoms with E-state index in [1.165, 1.54) is 6.42 Å². The predicted molar refractivity (Wildman–Crippen MR) is 76.1 cm³/mol. The summed E-state index contributed by atoms with van der Waals surface area (Å²) in [5, 5.41) is 6.82.